The summed E-state index contributed by atoms with van der Waals surface area (Å²) in [6, 6.07) is -1.29. The summed E-state index contributed by atoms with van der Waals surface area (Å²) < 4.78 is 33.4. The van der Waals surface area contributed by atoms with Gasteiger partial charge in [-0.05, 0) is 12.3 Å². The quantitative estimate of drug-likeness (QED) is 0.629. The Bertz CT molecular complexity index is 450. The molecule has 1 aliphatic carbocycles. The number of nitrogens with zero attached hydrogens (tertiary/aromatic N) is 1. The van der Waals surface area contributed by atoms with Gasteiger partial charge in [-0.1, -0.05) is 32.1 Å². The molecule has 25 heavy (non-hydrogen) atoms. The molecule has 1 atom stereocenters. The molecule has 2 fully saturated rings. The minimum Gasteiger partial charge on any atom is -0.379 e. The first kappa shape index (κ1) is 20.2. The number of carbonyl (C=O) groups is 2. The minimum absolute atomic E-state index is 0.0690. The van der Waals surface area contributed by atoms with E-state index in [9.17, 15) is 18.4 Å². The van der Waals surface area contributed by atoms with E-state index in [4.69, 9.17) is 10.5 Å². The molecule has 0 aromatic carbocycles. The molecular formula is C17H29F2N3O3. The molecule has 6 nitrogen and oxygen atoms in total. The van der Waals surface area contributed by atoms with Crippen LogP contribution in [-0.4, -0.2) is 67.9 Å². The largest absolute Gasteiger partial charge is 0.383 e. The number of nitrogens with two attached hydrogens (primary N) is 1. The highest BCUT2D eigenvalue weighted by Gasteiger charge is 2.49. The fraction of sp³-hybridized carbons (Fsp3) is 0.882. The zero-order valence-corrected chi connectivity index (χ0v) is 14.6. The van der Waals surface area contributed by atoms with Gasteiger partial charge >= 0.3 is 5.92 Å². The van der Waals surface area contributed by atoms with Gasteiger partial charge in [0.15, 0.2) is 0 Å². The average molecular weight is 361 g/mol. The topological polar surface area (TPSA) is 84.7 Å². The van der Waals surface area contributed by atoms with Crippen molar-refractivity contribution in [3.8, 4) is 0 Å². The third kappa shape index (κ3) is 5.97. The zero-order chi connectivity index (χ0) is 18.3. The number of carbonyl (C=O) groups excluding carboxylic acids is 2. The number of ether oxygens (including phenoxy) is 1. The number of ketones is 1. The lowest BCUT2D eigenvalue weighted by Gasteiger charge is -2.27. The average Bonchev–Trinajstić information content (AvgIpc) is 2.62. The van der Waals surface area contributed by atoms with Crippen LogP contribution in [0, 0.1) is 5.92 Å². The summed E-state index contributed by atoms with van der Waals surface area (Å²) in [4.78, 5) is 25.8. The molecule has 2 rings (SSSR count). The SMILES string of the molecule is NC(CC1CCCCC1)C(=O)C(F)(F)C(=O)NCCN1CCOCC1. The van der Waals surface area contributed by atoms with Crippen LogP contribution in [-0.2, 0) is 14.3 Å². The number of nitrogens with one attached hydrogen (secondary N) is 1. The van der Waals surface area contributed by atoms with Crippen LogP contribution in [0.15, 0.2) is 0 Å². The Kier molecular flexibility index (Phi) is 7.71. The number of Topliss-reactive ketones (excluding diaryl/α,β-unsaturated/α-hetero) is 1. The summed E-state index contributed by atoms with van der Waals surface area (Å²) in [5, 5.41) is 2.16. The van der Waals surface area contributed by atoms with Crippen LogP contribution in [0.4, 0.5) is 8.78 Å². The Morgan fingerprint density at radius 1 is 1.20 bits per heavy atom. The molecule has 8 heteroatoms. The second kappa shape index (κ2) is 9.54. The molecule has 1 aliphatic heterocycles. The molecule has 2 aliphatic rings. The van der Waals surface area contributed by atoms with E-state index in [0.29, 0.717) is 32.8 Å². The van der Waals surface area contributed by atoms with Crippen molar-refractivity contribution in [1.82, 2.24) is 10.2 Å². The highest BCUT2D eigenvalue weighted by molar-refractivity contribution is 6.09. The normalized spacial score (nSPS) is 21.7. The molecular weight excluding hydrogens is 332 g/mol. The second-order valence-corrected chi connectivity index (χ2v) is 6.99. The summed E-state index contributed by atoms with van der Waals surface area (Å²) in [6.45, 7) is 3.12. The zero-order valence-electron chi connectivity index (χ0n) is 14.6. The van der Waals surface area contributed by atoms with Crippen molar-refractivity contribution in [3.63, 3.8) is 0 Å². The number of amides is 1. The van der Waals surface area contributed by atoms with Gasteiger partial charge in [-0.2, -0.15) is 8.78 Å². The molecule has 3 N–H and O–H groups in total. The Morgan fingerprint density at radius 2 is 1.84 bits per heavy atom. The van der Waals surface area contributed by atoms with Gasteiger partial charge in [-0.15, -0.1) is 0 Å². The number of hydrogen-bond donors (Lipinski definition) is 2. The molecule has 1 unspecified atom stereocenters. The number of halogens is 2. The van der Waals surface area contributed by atoms with Crippen molar-refractivity contribution >= 4 is 11.7 Å². The summed E-state index contributed by atoms with van der Waals surface area (Å²) in [7, 11) is 0. The highest BCUT2D eigenvalue weighted by atomic mass is 19.3. The Morgan fingerprint density at radius 3 is 2.48 bits per heavy atom. The molecule has 0 aromatic rings. The minimum atomic E-state index is -4.07. The van der Waals surface area contributed by atoms with E-state index in [0.717, 1.165) is 32.1 Å². The van der Waals surface area contributed by atoms with Gasteiger partial charge in [-0.25, -0.2) is 0 Å². The van der Waals surface area contributed by atoms with Crippen LogP contribution in [0.3, 0.4) is 0 Å². The summed E-state index contributed by atoms with van der Waals surface area (Å²) in [5.41, 5.74) is 5.69. The van der Waals surface area contributed by atoms with Gasteiger partial charge < -0.3 is 15.8 Å². The smallest absolute Gasteiger partial charge is 0.379 e. The maximum absolute atomic E-state index is 14.1. The van der Waals surface area contributed by atoms with Gasteiger partial charge in [-0.3, -0.25) is 14.5 Å². The van der Waals surface area contributed by atoms with E-state index in [1.807, 2.05) is 4.90 Å². The predicted octanol–water partition coefficient (Wildman–Crippen LogP) is 0.937. The maximum Gasteiger partial charge on any atom is 0.383 e. The monoisotopic (exact) mass is 361 g/mol. The molecule has 1 saturated carbocycles. The lowest BCUT2D eigenvalue weighted by molar-refractivity contribution is -0.159. The molecule has 0 spiro atoms. The van der Waals surface area contributed by atoms with E-state index in [1.54, 1.807) is 0 Å². The molecule has 1 heterocycles. The lowest BCUT2D eigenvalue weighted by atomic mass is 9.83. The van der Waals surface area contributed by atoms with E-state index in [2.05, 4.69) is 5.32 Å². The first-order valence-corrected chi connectivity index (χ1v) is 9.17. The van der Waals surface area contributed by atoms with E-state index in [-0.39, 0.29) is 18.9 Å². The number of hydrogen-bond acceptors (Lipinski definition) is 5. The third-order valence-corrected chi connectivity index (χ3v) is 5.06. The van der Waals surface area contributed by atoms with Crippen LogP contribution in [0.1, 0.15) is 38.5 Å². The van der Waals surface area contributed by atoms with Crippen molar-refractivity contribution in [3.05, 3.63) is 0 Å². The molecule has 0 radical (unpaired) electrons. The van der Waals surface area contributed by atoms with Crippen molar-refractivity contribution in [1.29, 1.82) is 0 Å². The summed E-state index contributed by atoms with van der Waals surface area (Å²) in [6.07, 6.45) is 5.29. The van der Waals surface area contributed by atoms with Crippen LogP contribution in [0.25, 0.3) is 0 Å². The number of morpholine rings is 1. The molecule has 144 valence electrons. The van der Waals surface area contributed by atoms with Crippen molar-refractivity contribution in [2.24, 2.45) is 11.7 Å². The van der Waals surface area contributed by atoms with Crippen LogP contribution in [0.5, 0.6) is 0 Å². The fourth-order valence-corrected chi connectivity index (χ4v) is 3.50. The summed E-state index contributed by atoms with van der Waals surface area (Å²) in [5.74, 6) is -6.89. The standard InChI is InChI=1S/C17H29F2N3O3/c18-17(19,15(23)14(20)12-13-4-2-1-3-5-13)16(24)21-6-7-22-8-10-25-11-9-22/h13-14H,1-12,20H2,(H,21,24). The Balaban J connectivity index is 1.76. The first-order chi connectivity index (χ1) is 11.9. The highest BCUT2D eigenvalue weighted by Crippen LogP contribution is 2.28. The van der Waals surface area contributed by atoms with Crippen LogP contribution in [0.2, 0.25) is 0 Å². The van der Waals surface area contributed by atoms with Crippen molar-refractivity contribution < 1.29 is 23.1 Å². The molecule has 0 bridgehead atoms. The summed E-state index contributed by atoms with van der Waals surface area (Å²) >= 11 is 0. The van der Waals surface area contributed by atoms with Gasteiger partial charge in [0.1, 0.15) is 0 Å². The third-order valence-electron chi connectivity index (χ3n) is 5.06. The fourth-order valence-electron chi connectivity index (χ4n) is 3.50. The van der Waals surface area contributed by atoms with Crippen LogP contribution < -0.4 is 11.1 Å². The number of rotatable bonds is 8. The first-order valence-electron chi connectivity index (χ1n) is 9.17. The van der Waals surface area contributed by atoms with Crippen molar-refractivity contribution in [2.45, 2.75) is 50.5 Å². The van der Waals surface area contributed by atoms with Crippen molar-refractivity contribution in [2.75, 3.05) is 39.4 Å². The Labute approximate surface area is 147 Å². The Hall–Kier alpha value is -1.12. The van der Waals surface area contributed by atoms with Gasteiger partial charge in [0.25, 0.3) is 5.91 Å². The predicted molar refractivity (Wildman–Crippen MR) is 89.4 cm³/mol. The van der Waals surface area contributed by atoms with E-state index in [1.165, 1.54) is 0 Å². The van der Waals surface area contributed by atoms with Gasteiger partial charge in [0.2, 0.25) is 5.78 Å². The second-order valence-electron chi connectivity index (χ2n) is 6.99. The lowest BCUT2D eigenvalue weighted by Crippen LogP contribution is -2.53. The molecule has 1 saturated heterocycles. The van der Waals surface area contributed by atoms with E-state index >= 15 is 0 Å². The molecule has 1 amide bonds. The van der Waals surface area contributed by atoms with E-state index < -0.39 is 23.7 Å². The maximum atomic E-state index is 14.1. The number of alkyl halides is 2. The van der Waals surface area contributed by atoms with Gasteiger partial charge in [0.05, 0.1) is 19.3 Å². The van der Waals surface area contributed by atoms with Crippen LogP contribution >= 0.6 is 0 Å². The molecule has 0 aromatic heterocycles. The van der Waals surface area contributed by atoms with Gasteiger partial charge in [0, 0.05) is 26.2 Å².